The molecule has 0 spiro atoms. The minimum atomic E-state index is -5.67. The first kappa shape index (κ1) is 104. The summed E-state index contributed by atoms with van der Waals surface area (Å²) in [5.41, 5.74) is -38.1. The normalized spacial score (nSPS) is 15.8. The van der Waals surface area contributed by atoms with E-state index in [0.29, 0.717) is 17.3 Å². The highest BCUT2D eigenvalue weighted by atomic mass is 19.4. The van der Waals surface area contributed by atoms with Gasteiger partial charge in [0.05, 0.1) is 227 Å². The summed E-state index contributed by atoms with van der Waals surface area (Å²) < 4.78 is 210. The van der Waals surface area contributed by atoms with E-state index in [1.165, 1.54) is 42.5 Å². The van der Waals surface area contributed by atoms with Crippen LogP contribution in [-0.2, 0) is 12.4 Å². The van der Waals surface area contributed by atoms with Gasteiger partial charge in [-0.3, -0.25) is 14.5 Å². The zero-order chi connectivity index (χ0) is 111. The molecule has 0 amide bonds. The summed E-state index contributed by atoms with van der Waals surface area (Å²) >= 11 is 0. The van der Waals surface area contributed by atoms with Gasteiger partial charge in [-0.2, -0.15) is 73.7 Å². The van der Waals surface area contributed by atoms with E-state index in [1.807, 2.05) is 18.2 Å². The monoisotopic (exact) mass is 1980 g/mol. The number of benzene rings is 6. The van der Waals surface area contributed by atoms with Crippen molar-refractivity contribution in [3.63, 3.8) is 0 Å². The van der Waals surface area contributed by atoms with Crippen molar-refractivity contribution >= 4 is 89.7 Å². The molecular formula is C103H11F14N31O2. The van der Waals surface area contributed by atoms with Gasteiger partial charge in [0.15, 0.2) is 23.3 Å². The van der Waals surface area contributed by atoms with Crippen molar-refractivity contribution in [1.82, 2.24) is 0 Å². The minimum Gasteiger partial charge on any atom is -0.406 e. The Morgan fingerprint density at radius 3 is 0.907 bits per heavy atom. The molecular weight excluding hydrogens is 1970 g/mol. The lowest BCUT2D eigenvalue weighted by molar-refractivity contribution is -0.277. The van der Waals surface area contributed by atoms with E-state index < -0.39 is 251 Å². The minimum absolute atomic E-state index is 0.00766. The van der Waals surface area contributed by atoms with Crippen LogP contribution in [0.1, 0.15) is 111 Å². The maximum atomic E-state index is 16.1. The van der Waals surface area contributed by atoms with Crippen molar-refractivity contribution in [2.45, 2.75) is 25.1 Å². The Labute approximate surface area is 831 Å². The van der Waals surface area contributed by atoms with E-state index in [0.717, 1.165) is 0 Å². The highest BCUT2D eigenvalue weighted by Crippen LogP contribution is 2.67. The third-order valence-electron chi connectivity index (χ3n) is 21.9. The van der Waals surface area contributed by atoms with Crippen LogP contribution in [0.15, 0.2) is 152 Å². The Morgan fingerprint density at radius 1 is 0.247 bits per heavy atom. The first-order valence-corrected chi connectivity index (χ1v) is 38.6. The molecule has 0 fully saturated rings. The van der Waals surface area contributed by atoms with Crippen LogP contribution >= 0.6 is 0 Å². The second-order valence-electron chi connectivity index (χ2n) is 28.5. The van der Waals surface area contributed by atoms with Crippen molar-refractivity contribution in [1.29, 1.82) is 84.2 Å². The van der Waals surface area contributed by atoms with Gasteiger partial charge in [-0.25, -0.2) is 104 Å². The molecule has 150 heavy (non-hydrogen) atoms. The van der Waals surface area contributed by atoms with E-state index >= 15 is 8.78 Å². The lowest BCUT2D eigenvalue weighted by Crippen LogP contribution is -2.22. The molecule has 14 rings (SSSR count). The van der Waals surface area contributed by atoms with Crippen LogP contribution in [0.4, 0.5) is 61.5 Å². The highest BCUT2D eigenvalue weighted by Gasteiger charge is 2.56. The van der Waals surface area contributed by atoms with E-state index in [4.69, 9.17) is 98.6 Å². The maximum Gasteiger partial charge on any atom is 0.573 e. The largest absolute Gasteiger partial charge is 0.573 e. The Hall–Kier alpha value is -26.0. The first-order valence-electron chi connectivity index (χ1n) is 38.6. The van der Waals surface area contributed by atoms with Gasteiger partial charge in [0.2, 0.25) is 22.8 Å². The van der Waals surface area contributed by atoms with Crippen molar-refractivity contribution in [2.75, 3.05) is 0 Å². The smallest absolute Gasteiger partial charge is 0.406 e. The van der Waals surface area contributed by atoms with E-state index in [9.17, 15) is 137 Å². The van der Waals surface area contributed by atoms with Gasteiger partial charge in [-0.1, -0.05) is 60.7 Å². The summed E-state index contributed by atoms with van der Waals surface area (Å²) in [5.74, 6) is -5.11. The molecule has 8 aliphatic carbocycles. The lowest BCUT2D eigenvalue weighted by Gasteiger charge is -2.25. The number of allylic oxidation sites excluding steroid dienone is 24. The predicted molar refractivity (Wildman–Crippen MR) is 481 cm³/mol. The topological polar surface area (TPSA) is 465 Å². The molecule has 0 heterocycles. The second-order valence-corrected chi connectivity index (χ2v) is 28.5. The Morgan fingerprint density at radius 2 is 0.547 bits per heavy atom. The van der Waals surface area contributed by atoms with Crippen molar-refractivity contribution in [3.8, 4) is 131 Å². The zero-order valence-electron chi connectivity index (χ0n) is 72.3. The fraction of sp³-hybridized carbons (Fsp3) is 0.0388. The van der Waals surface area contributed by atoms with Gasteiger partial charge in [0.1, 0.15) is 53.5 Å². The van der Waals surface area contributed by atoms with Gasteiger partial charge < -0.3 is 9.47 Å². The molecule has 0 aromatic heterocycles. The summed E-state index contributed by atoms with van der Waals surface area (Å²) in [4.78, 5) is 45.2. The summed E-state index contributed by atoms with van der Waals surface area (Å²) in [6, 6.07) is 41.3. The molecule has 0 radical (unpaired) electrons. The van der Waals surface area contributed by atoms with Crippen molar-refractivity contribution in [2.24, 2.45) is 0 Å². The highest BCUT2D eigenvalue weighted by molar-refractivity contribution is 6.23. The molecule has 0 bridgehead atoms. The first-order chi connectivity index (χ1) is 71.6. The maximum absolute atomic E-state index is 16.1. The molecule has 8 aliphatic rings. The molecule has 6 aromatic rings. The number of ether oxygens (including phenoxy) is 2. The van der Waals surface area contributed by atoms with Crippen LogP contribution < -0.4 is 9.47 Å². The van der Waals surface area contributed by atoms with Crippen molar-refractivity contribution in [3.05, 3.63) is 435 Å². The molecule has 0 aliphatic heterocycles. The molecule has 33 nitrogen and oxygen atoms in total. The second kappa shape index (κ2) is 40.3. The van der Waals surface area contributed by atoms with Crippen LogP contribution in [0.3, 0.4) is 0 Å². The number of fused-ring (bicyclic) bond motifs is 8. The Bertz CT molecular complexity index is 9290. The van der Waals surface area contributed by atoms with Crippen LogP contribution in [0, 0.1) is 280 Å². The fourth-order valence-corrected chi connectivity index (χ4v) is 17.1. The number of halogens is 14. The van der Waals surface area contributed by atoms with E-state index in [1.54, 1.807) is 97.1 Å². The molecule has 0 saturated carbocycles. The van der Waals surface area contributed by atoms with Crippen molar-refractivity contribution < 1.29 is 70.9 Å². The third-order valence-corrected chi connectivity index (χ3v) is 21.9. The number of nitrogens with zero attached hydrogens (tertiary/aromatic N) is 31. The summed E-state index contributed by atoms with van der Waals surface area (Å²) in [6.45, 7) is 111. The standard InChI is InChI=1S/C32H10F2N6.C24F6N8.C24N10.C23HF6N7O2/c1-38-20(15-36)25-27-23(18-12-8-5-9-13-18)28-26(21(16-37)39-2)31(34)32(40-3)29(28)22(17-10-6-4-7-11-17)24(27)19(14-35)30(25)33;1-35-11(7-33)13-9(5-31)10(6-32)14-16(13)20(24(28,29)30)17-15(12(8-34)36-2)21(37-3)22(38-4)18(17)19(14)23(25,26)27;1-31-15(9-29)18-12(6-26)11(5-25)17-13(7-27)21-20(14(8-28)19(17)18)22(16(10-30)32-2)24(34-4)23(21)33-3;1-33-8-11-9(5-30)10(6-31)13-14(11)20(37-22(24,25)26)16-15(12(7-32)34-2)18(35-3)19(36-4)17(16)21(13)38-23(27,28)29/h4-13H;;;8H/b25-20+,26-21-;13-11-,15-12-;18-15-,22-16-;11-8-,15-12-. The molecule has 6 aromatic carbocycles. The summed E-state index contributed by atoms with van der Waals surface area (Å²) in [7, 11) is 0. The molecule has 0 saturated heterocycles. The van der Waals surface area contributed by atoms with Crippen LogP contribution in [0.5, 0.6) is 11.5 Å². The van der Waals surface area contributed by atoms with Gasteiger partial charge in [-0.05, 0) is 83.5 Å². The van der Waals surface area contributed by atoms with Gasteiger partial charge in [-0.15, -0.1) is 26.3 Å². The average Bonchev–Trinajstić information content (AvgIpc) is 1.57. The molecule has 0 N–H and O–H groups in total. The van der Waals surface area contributed by atoms with E-state index in [-0.39, 0.29) is 83.5 Å². The number of hydrogen-bond donors (Lipinski definition) is 0. The third kappa shape index (κ3) is 15.9. The fourth-order valence-electron chi connectivity index (χ4n) is 17.1. The number of alkyl halides is 12. The molecule has 47 heteroatoms. The molecule has 0 unspecified atom stereocenters. The number of hydrogen-bond acceptors (Lipinski definition) is 18. The van der Waals surface area contributed by atoms with Crippen LogP contribution in [0.25, 0.3) is 185 Å². The van der Waals surface area contributed by atoms with Gasteiger partial charge in [0, 0.05) is 72.4 Å². The number of nitriles is 16. The Kier molecular flexibility index (Phi) is 28.1. The summed E-state index contributed by atoms with van der Waals surface area (Å²) in [6.07, 6.45) is -22.1. The predicted octanol–water partition coefficient (Wildman–Crippen LogP) is 24.8. The SMILES string of the molecule is [C-]#[N+]/C=C1/C(C#N)=C(C#N)c2c(OC(F)(F)F)c3c(c(OC(F)(F)F)c21)/C(=C(\C#N)[N+]#[C-])C([N+]#[C-])=C3[N+]#[C-].[C-]#[N+]C1=C(F)/C(=C(/C#N)[N+]#[C-])c2c1c(-c1ccccc1)c1c(c2-c2ccccc2)/C(=C(/C#N)[N+]#[C-])C(F)=C1C#N.[C-]#[N+]C1=C([N+]#[C-])c2c(C#N)c3c(c(C#N)c2/C1=C(\C#N)[N+]#[C-])/C(=C(/C#N)[N+]#[C-])C(C#N)=C3C#N.[C-]#[N+]C1=C([N+]#[C-])c2c(c(C(F)(F)F)c3c(c2C(F)(F)F)C(C#N)=C(C#N)/C3=C(\C#N)[N+]#[C-])/C1=C(\C#N)[N+]#[C-]. The zero-order valence-corrected chi connectivity index (χ0v) is 72.3. The quantitative estimate of drug-likeness (QED) is 0.0898. The Balaban J connectivity index is 0.000000190. The average molecular weight is 1980 g/mol. The molecule has 0 atom stereocenters. The van der Waals surface area contributed by atoms with Crippen LogP contribution in [-0.4, -0.2) is 12.7 Å². The lowest BCUT2D eigenvalue weighted by atomic mass is 9.79. The van der Waals surface area contributed by atoms with Gasteiger partial charge >= 0.3 is 25.1 Å². The van der Waals surface area contributed by atoms with Gasteiger partial charge in [0.25, 0.3) is 39.9 Å². The number of rotatable bonds is 4. The van der Waals surface area contributed by atoms with E-state index in [2.05, 4.69) is 82.1 Å². The summed E-state index contributed by atoms with van der Waals surface area (Å²) in [5, 5.41) is 155. The van der Waals surface area contributed by atoms with Crippen LogP contribution in [0.2, 0.25) is 0 Å². The molecule has 688 valence electrons.